The molecule has 0 amide bonds. The Morgan fingerprint density at radius 2 is 2.15 bits per heavy atom. The number of methoxy groups -OCH3 is 1. The lowest BCUT2D eigenvalue weighted by Crippen LogP contribution is -2.30. The summed E-state index contributed by atoms with van der Waals surface area (Å²) < 4.78 is 5.16. The number of ether oxygens (including phenoxy) is 1. The van der Waals surface area contributed by atoms with Crippen molar-refractivity contribution in [1.82, 2.24) is 10.3 Å². The second-order valence-corrected chi connectivity index (χ2v) is 4.59. The summed E-state index contributed by atoms with van der Waals surface area (Å²) in [6.45, 7) is 0.743. The molecule has 0 unspecified atom stereocenters. The Hall–Kier alpha value is -2.14. The Morgan fingerprint density at radius 1 is 1.25 bits per heavy atom. The molecule has 2 N–H and O–H groups in total. The Kier molecular flexibility index (Phi) is 5.32. The number of nitrogens with one attached hydrogen (secondary N) is 2. The van der Waals surface area contributed by atoms with Crippen LogP contribution in [0.4, 0.5) is 5.69 Å². The third-order valence-corrected chi connectivity index (χ3v) is 2.97. The van der Waals surface area contributed by atoms with Crippen LogP contribution in [0.5, 0.6) is 5.75 Å². The number of hydrogen-bond donors (Lipinski definition) is 2. The molecule has 0 saturated carbocycles. The topological polar surface area (TPSA) is 46.2 Å². The first kappa shape index (κ1) is 14.3. The van der Waals surface area contributed by atoms with Crippen LogP contribution >= 0.6 is 12.2 Å². The zero-order valence-electron chi connectivity index (χ0n) is 11.3. The van der Waals surface area contributed by atoms with E-state index in [1.165, 1.54) is 0 Å². The van der Waals surface area contributed by atoms with Crippen molar-refractivity contribution >= 4 is 23.0 Å². The van der Waals surface area contributed by atoms with Gasteiger partial charge in [-0.15, -0.1) is 0 Å². The van der Waals surface area contributed by atoms with Crippen LogP contribution in [0, 0.1) is 0 Å². The zero-order valence-corrected chi connectivity index (χ0v) is 12.1. The highest BCUT2D eigenvalue weighted by molar-refractivity contribution is 7.80. The van der Waals surface area contributed by atoms with Gasteiger partial charge >= 0.3 is 0 Å². The molecule has 0 radical (unpaired) electrons. The van der Waals surface area contributed by atoms with Crippen molar-refractivity contribution in [1.29, 1.82) is 0 Å². The first-order chi connectivity index (χ1) is 9.78. The van der Waals surface area contributed by atoms with Crippen LogP contribution < -0.4 is 15.4 Å². The van der Waals surface area contributed by atoms with Gasteiger partial charge < -0.3 is 15.4 Å². The number of hydrogen-bond acceptors (Lipinski definition) is 3. The minimum absolute atomic E-state index is 0.592. The van der Waals surface area contributed by atoms with E-state index in [1.807, 2.05) is 42.5 Å². The van der Waals surface area contributed by atoms with Gasteiger partial charge in [-0.25, -0.2) is 0 Å². The van der Waals surface area contributed by atoms with Gasteiger partial charge in [0.25, 0.3) is 0 Å². The third-order valence-electron chi connectivity index (χ3n) is 2.72. The summed E-state index contributed by atoms with van der Waals surface area (Å²) >= 11 is 5.25. The van der Waals surface area contributed by atoms with E-state index in [4.69, 9.17) is 17.0 Å². The smallest absolute Gasteiger partial charge is 0.170 e. The van der Waals surface area contributed by atoms with Crippen LogP contribution in [-0.2, 0) is 6.42 Å². The quantitative estimate of drug-likeness (QED) is 0.828. The molecule has 2 aromatic rings. The molecule has 0 aliphatic heterocycles. The summed E-state index contributed by atoms with van der Waals surface area (Å²) in [6.07, 6.45) is 2.63. The van der Waals surface area contributed by atoms with Gasteiger partial charge in [-0.2, -0.15) is 0 Å². The first-order valence-corrected chi connectivity index (χ1v) is 6.77. The number of rotatable bonds is 5. The molecule has 0 aliphatic rings. The highest BCUT2D eigenvalue weighted by Crippen LogP contribution is 2.16. The first-order valence-electron chi connectivity index (χ1n) is 6.37. The third kappa shape index (κ3) is 4.51. The van der Waals surface area contributed by atoms with Gasteiger partial charge in [-0.1, -0.05) is 12.1 Å². The van der Waals surface area contributed by atoms with E-state index in [0.29, 0.717) is 5.11 Å². The molecule has 0 saturated heterocycles. The minimum atomic E-state index is 0.592. The van der Waals surface area contributed by atoms with E-state index < -0.39 is 0 Å². The number of pyridine rings is 1. The minimum Gasteiger partial charge on any atom is -0.497 e. The van der Waals surface area contributed by atoms with Crippen LogP contribution in [0.2, 0.25) is 0 Å². The van der Waals surface area contributed by atoms with Gasteiger partial charge in [0.1, 0.15) is 5.75 Å². The van der Waals surface area contributed by atoms with E-state index in [2.05, 4.69) is 15.6 Å². The molecule has 4 nitrogen and oxygen atoms in total. The fourth-order valence-corrected chi connectivity index (χ4v) is 1.95. The van der Waals surface area contributed by atoms with E-state index in [9.17, 15) is 0 Å². The SMILES string of the molecule is COc1cccc(NC(=S)NCCc2ccccn2)c1. The molecular weight excluding hydrogens is 270 g/mol. The maximum atomic E-state index is 5.25. The number of aromatic nitrogens is 1. The second-order valence-electron chi connectivity index (χ2n) is 4.18. The van der Waals surface area contributed by atoms with Crippen molar-refractivity contribution < 1.29 is 4.74 Å². The number of benzene rings is 1. The Balaban J connectivity index is 1.77. The summed E-state index contributed by atoms with van der Waals surface area (Å²) in [4.78, 5) is 4.26. The van der Waals surface area contributed by atoms with E-state index in [0.717, 1.165) is 30.1 Å². The molecule has 0 fully saturated rings. The number of nitrogens with zero attached hydrogens (tertiary/aromatic N) is 1. The van der Waals surface area contributed by atoms with Crippen LogP contribution in [-0.4, -0.2) is 23.8 Å². The van der Waals surface area contributed by atoms with Gasteiger partial charge in [0.2, 0.25) is 0 Å². The van der Waals surface area contributed by atoms with Crippen molar-refractivity contribution in [2.45, 2.75) is 6.42 Å². The van der Waals surface area contributed by atoms with Gasteiger partial charge in [-0.3, -0.25) is 4.98 Å². The van der Waals surface area contributed by atoms with Gasteiger partial charge in [0, 0.05) is 36.6 Å². The summed E-state index contributed by atoms with van der Waals surface area (Å²) in [5.41, 5.74) is 1.95. The van der Waals surface area contributed by atoms with E-state index in [1.54, 1.807) is 13.3 Å². The lowest BCUT2D eigenvalue weighted by molar-refractivity contribution is 0.415. The van der Waals surface area contributed by atoms with Crippen LogP contribution in [0.3, 0.4) is 0 Å². The van der Waals surface area contributed by atoms with Crippen LogP contribution in [0.25, 0.3) is 0 Å². The van der Waals surface area contributed by atoms with Gasteiger partial charge in [-0.05, 0) is 36.5 Å². The summed E-state index contributed by atoms with van der Waals surface area (Å²) in [6, 6.07) is 13.5. The van der Waals surface area contributed by atoms with Crippen molar-refractivity contribution in [3.05, 3.63) is 54.4 Å². The Labute approximate surface area is 124 Å². The van der Waals surface area contributed by atoms with Crippen molar-refractivity contribution in [3.63, 3.8) is 0 Å². The largest absolute Gasteiger partial charge is 0.497 e. The average molecular weight is 287 g/mol. The van der Waals surface area contributed by atoms with Gasteiger partial charge in [0.15, 0.2) is 5.11 Å². The molecule has 0 aliphatic carbocycles. The molecule has 0 spiro atoms. The normalized spacial score (nSPS) is 9.85. The van der Waals surface area contributed by atoms with Gasteiger partial charge in [0.05, 0.1) is 7.11 Å². The average Bonchev–Trinajstić information content (AvgIpc) is 2.48. The Bertz CT molecular complexity index is 560. The lowest BCUT2D eigenvalue weighted by Gasteiger charge is -2.11. The molecule has 1 heterocycles. The van der Waals surface area contributed by atoms with Crippen molar-refractivity contribution in [3.8, 4) is 5.75 Å². The summed E-state index contributed by atoms with van der Waals surface area (Å²) in [5, 5.41) is 6.87. The van der Waals surface area contributed by atoms with E-state index >= 15 is 0 Å². The number of thiocarbonyl (C=S) groups is 1. The maximum Gasteiger partial charge on any atom is 0.170 e. The molecule has 20 heavy (non-hydrogen) atoms. The Morgan fingerprint density at radius 3 is 2.90 bits per heavy atom. The van der Waals surface area contributed by atoms with Crippen molar-refractivity contribution in [2.24, 2.45) is 0 Å². The molecule has 104 valence electrons. The molecular formula is C15H17N3OS. The predicted octanol–water partition coefficient (Wildman–Crippen LogP) is 2.62. The van der Waals surface area contributed by atoms with E-state index in [-0.39, 0.29) is 0 Å². The summed E-state index contributed by atoms with van der Waals surface area (Å²) in [5.74, 6) is 0.797. The molecule has 0 bridgehead atoms. The summed E-state index contributed by atoms with van der Waals surface area (Å²) in [7, 11) is 1.64. The molecule has 0 atom stereocenters. The maximum absolute atomic E-state index is 5.25. The monoisotopic (exact) mass is 287 g/mol. The van der Waals surface area contributed by atoms with Crippen LogP contribution in [0.1, 0.15) is 5.69 Å². The lowest BCUT2D eigenvalue weighted by atomic mass is 10.3. The standard InChI is InChI=1S/C15H17N3OS/c1-19-14-7-4-6-13(11-14)18-15(20)17-10-8-12-5-2-3-9-16-12/h2-7,9,11H,8,10H2,1H3,(H2,17,18,20). The second kappa shape index (κ2) is 7.45. The van der Waals surface area contributed by atoms with Crippen LogP contribution in [0.15, 0.2) is 48.7 Å². The predicted molar refractivity (Wildman–Crippen MR) is 85.2 cm³/mol. The fraction of sp³-hybridized carbons (Fsp3) is 0.200. The fourth-order valence-electron chi connectivity index (χ4n) is 1.73. The highest BCUT2D eigenvalue weighted by Gasteiger charge is 1.99. The highest BCUT2D eigenvalue weighted by atomic mass is 32.1. The molecule has 2 rings (SSSR count). The van der Waals surface area contributed by atoms with Crippen molar-refractivity contribution in [2.75, 3.05) is 19.0 Å². The molecule has 5 heteroatoms. The molecule has 1 aromatic carbocycles. The molecule has 1 aromatic heterocycles. The zero-order chi connectivity index (χ0) is 14.2. The number of anilines is 1.